The second-order valence-electron chi connectivity index (χ2n) is 4.05. The molecule has 0 fully saturated rings. The van der Waals surface area contributed by atoms with Crippen LogP contribution in [0.15, 0.2) is 11.6 Å². The number of esters is 1. The summed E-state index contributed by atoms with van der Waals surface area (Å²) in [6.45, 7) is 7.86. The van der Waals surface area contributed by atoms with Crippen LogP contribution in [-0.2, 0) is 9.53 Å². The highest BCUT2D eigenvalue weighted by atomic mass is 16.5. The maximum atomic E-state index is 10.9. The summed E-state index contributed by atoms with van der Waals surface area (Å²) in [5.41, 5.74) is 1.20. The molecule has 3 atom stereocenters. The van der Waals surface area contributed by atoms with Gasteiger partial charge < -0.3 is 4.74 Å². The van der Waals surface area contributed by atoms with Gasteiger partial charge in [0.2, 0.25) is 0 Å². The molecule has 2 nitrogen and oxygen atoms in total. The predicted octanol–water partition coefficient (Wildman–Crippen LogP) is 2.54. The number of hydrogen-bond donors (Lipinski definition) is 0. The molecule has 0 radical (unpaired) electrons. The van der Waals surface area contributed by atoms with E-state index in [0.717, 1.165) is 6.42 Å². The highest BCUT2D eigenvalue weighted by molar-refractivity contribution is 5.66. The van der Waals surface area contributed by atoms with Crippen LogP contribution in [0.25, 0.3) is 0 Å². The van der Waals surface area contributed by atoms with Crippen molar-refractivity contribution in [3.05, 3.63) is 11.6 Å². The van der Waals surface area contributed by atoms with E-state index in [1.165, 1.54) is 12.5 Å². The van der Waals surface area contributed by atoms with Crippen LogP contribution in [0.1, 0.15) is 34.1 Å². The molecule has 0 aromatic heterocycles. The normalized spacial score (nSPS) is 33.8. The van der Waals surface area contributed by atoms with Crippen molar-refractivity contribution in [2.45, 2.75) is 40.2 Å². The summed E-state index contributed by atoms with van der Waals surface area (Å²) < 4.78 is 5.28. The van der Waals surface area contributed by atoms with Crippen LogP contribution < -0.4 is 0 Å². The molecule has 1 aliphatic carbocycles. The third kappa shape index (κ3) is 2.33. The van der Waals surface area contributed by atoms with E-state index in [2.05, 4.69) is 19.9 Å². The number of ether oxygens (including phenoxy) is 1. The Bertz CT molecular complexity index is 230. The van der Waals surface area contributed by atoms with Gasteiger partial charge >= 0.3 is 5.97 Å². The predicted molar refractivity (Wildman–Crippen MR) is 52.3 cm³/mol. The molecular formula is C11H18O2. The summed E-state index contributed by atoms with van der Waals surface area (Å²) in [6.07, 6.45) is 3.28. The number of rotatable bonds is 1. The van der Waals surface area contributed by atoms with E-state index < -0.39 is 0 Å². The van der Waals surface area contributed by atoms with Crippen LogP contribution >= 0.6 is 0 Å². The van der Waals surface area contributed by atoms with Crippen molar-refractivity contribution in [2.75, 3.05) is 0 Å². The fourth-order valence-corrected chi connectivity index (χ4v) is 1.79. The third-order valence-corrected chi connectivity index (χ3v) is 2.93. The first kappa shape index (κ1) is 10.3. The van der Waals surface area contributed by atoms with Crippen molar-refractivity contribution in [3.8, 4) is 0 Å². The van der Waals surface area contributed by atoms with Crippen LogP contribution in [0, 0.1) is 11.8 Å². The summed E-state index contributed by atoms with van der Waals surface area (Å²) in [7, 11) is 0. The van der Waals surface area contributed by atoms with Gasteiger partial charge in [0, 0.05) is 6.92 Å². The summed E-state index contributed by atoms with van der Waals surface area (Å²) in [5.74, 6) is 0.862. The van der Waals surface area contributed by atoms with Crippen LogP contribution in [0.3, 0.4) is 0 Å². The minimum absolute atomic E-state index is 0.00116. The Morgan fingerprint density at radius 2 is 2.15 bits per heavy atom. The average Bonchev–Trinajstić information content (AvgIpc) is 2.05. The zero-order valence-corrected chi connectivity index (χ0v) is 8.83. The Morgan fingerprint density at radius 1 is 1.54 bits per heavy atom. The van der Waals surface area contributed by atoms with Crippen LogP contribution in [0.2, 0.25) is 0 Å². The molecule has 0 bridgehead atoms. The summed E-state index contributed by atoms with van der Waals surface area (Å²) in [6, 6.07) is 0. The lowest BCUT2D eigenvalue weighted by Gasteiger charge is -2.32. The molecule has 0 N–H and O–H groups in total. The molecule has 0 amide bonds. The first-order valence-corrected chi connectivity index (χ1v) is 4.86. The fraction of sp³-hybridized carbons (Fsp3) is 0.727. The van der Waals surface area contributed by atoms with Gasteiger partial charge in [-0.1, -0.05) is 19.9 Å². The van der Waals surface area contributed by atoms with Crippen molar-refractivity contribution in [1.82, 2.24) is 0 Å². The maximum Gasteiger partial charge on any atom is 0.303 e. The van der Waals surface area contributed by atoms with Gasteiger partial charge in [-0.25, -0.2) is 0 Å². The highest BCUT2D eigenvalue weighted by Gasteiger charge is 2.29. The number of allylic oxidation sites excluding steroid dienone is 1. The molecule has 2 unspecified atom stereocenters. The lowest BCUT2D eigenvalue weighted by molar-refractivity contribution is -0.147. The van der Waals surface area contributed by atoms with Crippen molar-refractivity contribution in [1.29, 1.82) is 0 Å². The van der Waals surface area contributed by atoms with Crippen molar-refractivity contribution in [3.63, 3.8) is 0 Å². The second kappa shape index (κ2) is 3.95. The Balaban J connectivity index is 2.73. The van der Waals surface area contributed by atoms with Gasteiger partial charge in [0.05, 0.1) is 0 Å². The number of hydrogen-bond acceptors (Lipinski definition) is 2. The summed E-state index contributed by atoms with van der Waals surface area (Å²) in [5, 5.41) is 0. The topological polar surface area (TPSA) is 26.3 Å². The number of carbonyl (C=O) groups excluding carboxylic acids is 1. The van der Waals surface area contributed by atoms with E-state index in [1.54, 1.807) is 0 Å². The molecule has 0 saturated heterocycles. The van der Waals surface area contributed by atoms with Crippen LogP contribution in [-0.4, -0.2) is 12.1 Å². The van der Waals surface area contributed by atoms with Gasteiger partial charge in [0.25, 0.3) is 0 Å². The molecule has 2 heteroatoms. The Kier molecular flexibility index (Phi) is 3.12. The SMILES string of the molecule is CC(=O)O[C@H]1C(C)=CCC(C)C1C. The standard InChI is InChI=1S/C11H18O2/c1-7-5-6-8(2)11(9(7)3)13-10(4)12/h6-7,9,11H,5H2,1-4H3/t7?,9?,11-/m0/s1. The monoisotopic (exact) mass is 182 g/mol. The quantitative estimate of drug-likeness (QED) is 0.460. The second-order valence-corrected chi connectivity index (χ2v) is 4.05. The lowest BCUT2D eigenvalue weighted by atomic mass is 9.80. The molecule has 74 valence electrons. The molecule has 0 aromatic rings. The first-order chi connectivity index (χ1) is 6.02. The molecule has 0 saturated carbocycles. The molecule has 0 heterocycles. The third-order valence-electron chi connectivity index (χ3n) is 2.93. The number of carbonyl (C=O) groups is 1. The van der Waals surface area contributed by atoms with Crippen LogP contribution in [0.4, 0.5) is 0 Å². The smallest absolute Gasteiger partial charge is 0.303 e. The van der Waals surface area contributed by atoms with Gasteiger partial charge in [-0.05, 0) is 30.8 Å². The lowest BCUT2D eigenvalue weighted by Crippen LogP contribution is -2.32. The zero-order valence-electron chi connectivity index (χ0n) is 8.83. The molecule has 1 rings (SSSR count). The van der Waals surface area contributed by atoms with Crippen LogP contribution in [0.5, 0.6) is 0 Å². The first-order valence-electron chi connectivity index (χ1n) is 4.86. The van der Waals surface area contributed by atoms with Crippen molar-refractivity contribution in [2.24, 2.45) is 11.8 Å². The van der Waals surface area contributed by atoms with E-state index >= 15 is 0 Å². The summed E-state index contributed by atoms with van der Waals surface area (Å²) in [4.78, 5) is 10.9. The zero-order chi connectivity index (χ0) is 10.0. The minimum Gasteiger partial charge on any atom is -0.458 e. The van der Waals surface area contributed by atoms with Gasteiger partial charge in [0.1, 0.15) is 6.10 Å². The van der Waals surface area contributed by atoms with Gasteiger partial charge in [-0.3, -0.25) is 4.79 Å². The van der Waals surface area contributed by atoms with Gasteiger partial charge in [-0.15, -0.1) is 0 Å². The summed E-state index contributed by atoms with van der Waals surface area (Å²) >= 11 is 0. The van der Waals surface area contributed by atoms with Crippen molar-refractivity contribution < 1.29 is 9.53 Å². The Morgan fingerprint density at radius 3 is 2.69 bits per heavy atom. The van der Waals surface area contributed by atoms with E-state index in [9.17, 15) is 4.79 Å². The van der Waals surface area contributed by atoms with Gasteiger partial charge in [0.15, 0.2) is 0 Å². The molecule has 0 aromatic carbocycles. The minimum atomic E-state index is -0.182. The largest absolute Gasteiger partial charge is 0.458 e. The van der Waals surface area contributed by atoms with Gasteiger partial charge in [-0.2, -0.15) is 0 Å². The average molecular weight is 182 g/mol. The van der Waals surface area contributed by atoms with Crippen molar-refractivity contribution >= 4 is 5.97 Å². The molecule has 0 spiro atoms. The van der Waals surface area contributed by atoms with E-state index in [-0.39, 0.29) is 12.1 Å². The molecule has 13 heavy (non-hydrogen) atoms. The fourth-order valence-electron chi connectivity index (χ4n) is 1.79. The molecule has 0 aliphatic heterocycles. The van der Waals surface area contributed by atoms with E-state index in [0.29, 0.717) is 11.8 Å². The highest BCUT2D eigenvalue weighted by Crippen LogP contribution is 2.31. The molecular weight excluding hydrogens is 164 g/mol. The maximum absolute atomic E-state index is 10.9. The molecule has 1 aliphatic rings. The van der Waals surface area contributed by atoms with E-state index in [1.807, 2.05) is 6.92 Å². The Hall–Kier alpha value is -0.790. The Labute approximate surface area is 80.0 Å². The van der Waals surface area contributed by atoms with E-state index in [4.69, 9.17) is 4.74 Å².